The molecule has 2 aromatic rings. The van der Waals surface area contributed by atoms with Gasteiger partial charge in [-0.25, -0.2) is 14.2 Å². The molecule has 0 fully saturated rings. The van der Waals surface area contributed by atoms with Crippen molar-refractivity contribution in [2.24, 2.45) is 7.05 Å². The van der Waals surface area contributed by atoms with E-state index in [-0.39, 0.29) is 11.8 Å². The third-order valence-corrected chi connectivity index (χ3v) is 3.57. The van der Waals surface area contributed by atoms with Crippen molar-refractivity contribution in [1.82, 2.24) is 25.0 Å². The number of benzene rings is 1. The highest BCUT2D eigenvalue weighted by Crippen LogP contribution is 2.23. The highest BCUT2D eigenvalue weighted by atomic mass is 19.1. The van der Waals surface area contributed by atoms with Crippen LogP contribution >= 0.6 is 0 Å². The molecule has 0 aliphatic carbocycles. The Bertz CT molecular complexity index is 703. The smallest absolute Gasteiger partial charge is 0.317 e. The summed E-state index contributed by atoms with van der Waals surface area (Å²) in [6.07, 6.45) is 2.19. The number of urea groups is 1. The largest absolute Gasteiger partial charge is 0.491 e. The maximum absolute atomic E-state index is 13.2. The molecular weight excluding hydrogens is 301 g/mol. The van der Waals surface area contributed by atoms with Gasteiger partial charge in [0.15, 0.2) is 5.82 Å². The number of amides is 2. The van der Waals surface area contributed by atoms with E-state index in [2.05, 4.69) is 15.4 Å². The Morgan fingerprint density at radius 2 is 2.35 bits per heavy atom. The van der Waals surface area contributed by atoms with E-state index >= 15 is 0 Å². The van der Waals surface area contributed by atoms with Gasteiger partial charge in [-0.2, -0.15) is 5.10 Å². The first-order chi connectivity index (χ1) is 11.1. The van der Waals surface area contributed by atoms with E-state index in [1.54, 1.807) is 29.0 Å². The summed E-state index contributed by atoms with van der Waals surface area (Å²) < 4.78 is 20.4. The third-order valence-electron chi connectivity index (χ3n) is 3.57. The number of fused-ring (bicyclic) bond motifs is 1. The Morgan fingerprint density at radius 1 is 1.48 bits per heavy atom. The third kappa shape index (κ3) is 3.77. The first-order valence-corrected chi connectivity index (χ1v) is 7.40. The second kappa shape index (κ2) is 6.64. The number of rotatable bonds is 3. The number of aryl methyl sites for hydroxylation is 1. The first-order valence-electron chi connectivity index (χ1n) is 7.40. The van der Waals surface area contributed by atoms with Crippen molar-refractivity contribution in [3.8, 4) is 5.75 Å². The van der Waals surface area contributed by atoms with Gasteiger partial charge >= 0.3 is 6.03 Å². The first kappa shape index (κ1) is 15.3. The molecule has 2 amide bonds. The SMILES string of the molecule is Cn1cnc(CCNC(=O)N2CCOc3cc(F)ccc3C2)n1. The fraction of sp³-hybridized carbons (Fsp3) is 0.400. The second-order valence-electron chi connectivity index (χ2n) is 5.34. The molecule has 7 nitrogen and oxygen atoms in total. The number of carbonyl (C=O) groups is 1. The lowest BCUT2D eigenvalue weighted by molar-refractivity contribution is 0.188. The van der Waals surface area contributed by atoms with E-state index < -0.39 is 0 Å². The molecule has 0 unspecified atom stereocenters. The summed E-state index contributed by atoms with van der Waals surface area (Å²) in [4.78, 5) is 18.0. The zero-order valence-electron chi connectivity index (χ0n) is 12.8. The van der Waals surface area contributed by atoms with Crippen LogP contribution in [0, 0.1) is 5.82 Å². The van der Waals surface area contributed by atoms with Gasteiger partial charge in [-0.15, -0.1) is 0 Å². The molecule has 8 heteroatoms. The number of halogens is 1. The molecule has 1 aliphatic heterocycles. The number of hydrogen-bond donors (Lipinski definition) is 1. The van der Waals surface area contributed by atoms with Crippen LogP contribution in [0.2, 0.25) is 0 Å². The summed E-state index contributed by atoms with van der Waals surface area (Å²) in [5.41, 5.74) is 0.797. The van der Waals surface area contributed by atoms with Gasteiger partial charge in [0.05, 0.1) is 13.1 Å². The van der Waals surface area contributed by atoms with Crippen LogP contribution in [0.4, 0.5) is 9.18 Å². The standard InChI is InChI=1S/C15H18FN5O2/c1-20-10-18-14(19-20)4-5-17-15(22)21-6-7-23-13-8-12(16)3-2-11(13)9-21/h2-3,8,10H,4-7,9H2,1H3,(H,17,22). The average Bonchev–Trinajstić information content (AvgIpc) is 2.82. The van der Waals surface area contributed by atoms with E-state index in [0.717, 1.165) is 5.56 Å². The second-order valence-corrected chi connectivity index (χ2v) is 5.34. The molecule has 1 N–H and O–H groups in total. The zero-order valence-corrected chi connectivity index (χ0v) is 12.8. The summed E-state index contributed by atoms with van der Waals surface area (Å²) in [5.74, 6) is 0.843. The summed E-state index contributed by atoms with van der Waals surface area (Å²) in [6.45, 7) is 1.63. The summed E-state index contributed by atoms with van der Waals surface area (Å²) >= 11 is 0. The summed E-state index contributed by atoms with van der Waals surface area (Å²) in [7, 11) is 1.80. The average molecular weight is 319 g/mol. The molecule has 0 spiro atoms. The number of nitrogens with one attached hydrogen (secondary N) is 1. The minimum Gasteiger partial charge on any atom is -0.491 e. The quantitative estimate of drug-likeness (QED) is 0.919. The number of ether oxygens (including phenoxy) is 1. The molecular formula is C15H18FN5O2. The van der Waals surface area contributed by atoms with Crippen LogP contribution in [0.5, 0.6) is 5.75 Å². The predicted octanol–water partition coefficient (Wildman–Crippen LogP) is 1.10. The van der Waals surface area contributed by atoms with Crippen LogP contribution in [-0.4, -0.2) is 45.4 Å². The predicted molar refractivity (Wildman–Crippen MR) is 80.4 cm³/mol. The molecule has 2 heterocycles. The molecule has 0 atom stereocenters. The van der Waals surface area contributed by atoms with Crippen LogP contribution < -0.4 is 10.1 Å². The van der Waals surface area contributed by atoms with Gasteiger partial charge in [-0.3, -0.25) is 4.68 Å². The van der Waals surface area contributed by atoms with Gasteiger partial charge in [-0.05, 0) is 6.07 Å². The van der Waals surface area contributed by atoms with Crippen molar-refractivity contribution >= 4 is 6.03 Å². The maximum Gasteiger partial charge on any atom is 0.317 e. The fourth-order valence-corrected chi connectivity index (χ4v) is 2.41. The Morgan fingerprint density at radius 3 is 3.13 bits per heavy atom. The fourth-order valence-electron chi connectivity index (χ4n) is 2.41. The van der Waals surface area contributed by atoms with E-state index in [1.165, 1.54) is 12.1 Å². The van der Waals surface area contributed by atoms with E-state index in [4.69, 9.17) is 4.74 Å². The van der Waals surface area contributed by atoms with Crippen molar-refractivity contribution < 1.29 is 13.9 Å². The van der Waals surface area contributed by atoms with Gasteiger partial charge in [0.2, 0.25) is 0 Å². The number of hydrogen-bond acceptors (Lipinski definition) is 4. The summed E-state index contributed by atoms with van der Waals surface area (Å²) in [6, 6.07) is 4.19. The molecule has 23 heavy (non-hydrogen) atoms. The van der Waals surface area contributed by atoms with Crippen molar-refractivity contribution in [2.75, 3.05) is 19.7 Å². The minimum atomic E-state index is -0.343. The maximum atomic E-state index is 13.2. The molecule has 1 aromatic carbocycles. The monoisotopic (exact) mass is 319 g/mol. The Kier molecular flexibility index (Phi) is 4.40. The van der Waals surface area contributed by atoms with Gasteiger partial charge in [-0.1, -0.05) is 6.07 Å². The highest BCUT2D eigenvalue weighted by molar-refractivity contribution is 5.74. The van der Waals surface area contributed by atoms with Crippen LogP contribution in [0.3, 0.4) is 0 Å². The Balaban J connectivity index is 1.56. The van der Waals surface area contributed by atoms with Gasteiger partial charge in [0.25, 0.3) is 0 Å². The Labute approximate surface area is 133 Å². The Hall–Kier alpha value is -2.64. The van der Waals surface area contributed by atoms with Crippen molar-refractivity contribution in [1.29, 1.82) is 0 Å². The van der Waals surface area contributed by atoms with Gasteiger partial charge in [0, 0.05) is 31.6 Å². The van der Waals surface area contributed by atoms with Crippen molar-refractivity contribution in [3.63, 3.8) is 0 Å². The molecule has 1 aliphatic rings. The molecule has 0 bridgehead atoms. The van der Waals surface area contributed by atoms with Gasteiger partial charge < -0.3 is 15.0 Å². The van der Waals surface area contributed by atoms with Crippen LogP contribution in [0.25, 0.3) is 0 Å². The molecule has 122 valence electrons. The van der Waals surface area contributed by atoms with E-state index in [9.17, 15) is 9.18 Å². The van der Waals surface area contributed by atoms with Gasteiger partial charge in [0.1, 0.15) is 24.5 Å². The molecule has 1 aromatic heterocycles. The lowest BCUT2D eigenvalue weighted by atomic mass is 10.2. The van der Waals surface area contributed by atoms with E-state index in [0.29, 0.717) is 44.2 Å². The van der Waals surface area contributed by atoms with Crippen molar-refractivity contribution in [2.45, 2.75) is 13.0 Å². The molecule has 0 saturated carbocycles. The topological polar surface area (TPSA) is 72.3 Å². The normalized spacial score (nSPS) is 13.9. The lowest BCUT2D eigenvalue weighted by Gasteiger charge is -2.20. The lowest BCUT2D eigenvalue weighted by Crippen LogP contribution is -2.41. The van der Waals surface area contributed by atoms with Crippen LogP contribution in [0.15, 0.2) is 24.5 Å². The molecule has 0 radical (unpaired) electrons. The minimum absolute atomic E-state index is 0.179. The molecule has 0 saturated heterocycles. The number of aromatic nitrogens is 3. The number of nitrogens with zero attached hydrogens (tertiary/aromatic N) is 4. The van der Waals surface area contributed by atoms with Crippen molar-refractivity contribution in [3.05, 3.63) is 41.7 Å². The van der Waals surface area contributed by atoms with Crippen LogP contribution in [0.1, 0.15) is 11.4 Å². The summed E-state index contributed by atoms with van der Waals surface area (Å²) in [5, 5.41) is 7.01. The zero-order chi connectivity index (χ0) is 16.2. The highest BCUT2D eigenvalue weighted by Gasteiger charge is 2.20. The number of carbonyl (C=O) groups excluding carboxylic acids is 1. The van der Waals surface area contributed by atoms with Crippen LogP contribution in [-0.2, 0) is 20.0 Å². The van der Waals surface area contributed by atoms with E-state index in [1.807, 2.05) is 0 Å². The molecule has 3 rings (SSSR count).